The zero-order valence-electron chi connectivity index (χ0n) is 33.8. The van der Waals surface area contributed by atoms with Crippen LogP contribution in [0.1, 0.15) is 22.4 Å². The van der Waals surface area contributed by atoms with Crippen molar-refractivity contribution in [3.05, 3.63) is 265 Å². The summed E-state index contributed by atoms with van der Waals surface area (Å²) in [6.07, 6.45) is 0. The summed E-state index contributed by atoms with van der Waals surface area (Å²) in [7, 11) is 0. The van der Waals surface area contributed by atoms with Crippen LogP contribution in [0.25, 0.3) is 61.5 Å². The Morgan fingerprint density at radius 1 is 0.339 bits per heavy atom. The largest absolute Gasteiger partial charge is 0.311 e. The number of aromatic nitrogens is 1. The number of nitrogens with zero attached hydrogens (tertiary/aromatic N) is 2. The van der Waals surface area contributed by atoms with Gasteiger partial charge in [-0.2, -0.15) is 0 Å². The van der Waals surface area contributed by atoms with Crippen LogP contribution in [0.5, 0.6) is 0 Å². The maximum Gasteiger partial charge on any atom is 0.123 e. The number of benzene rings is 9. The van der Waals surface area contributed by atoms with Gasteiger partial charge in [0.1, 0.15) is 5.82 Å². The lowest BCUT2D eigenvalue weighted by Crippen LogP contribution is -2.29. The Hall–Kier alpha value is -8.01. The molecule has 1 aromatic heterocycles. The van der Waals surface area contributed by atoms with E-state index in [9.17, 15) is 4.39 Å². The van der Waals surface area contributed by atoms with Crippen molar-refractivity contribution in [1.82, 2.24) is 4.57 Å². The van der Waals surface area contributed by atoms with Gasteiger partial charge in [-0.1, -0.05) is 176 Å². The molecule has 10 aromatic rings. The van der Waals surface area contributed by atoms with Crippen LogP contribution in [0.2, 0.25) is 0 Å². The molecule has 2 aliphatic carbocycles. The van der Waals surface area contributed by atoms with E-state index in [0.717, 1.165) is 50.7 Å². The molecule has 9 aromatic carbocycles. The van der Waals surface area contributed by atoms with Crippen molar-refractivity contribution in [2.24, 2.45) is 0 Å². The summed E-state index contributed by atoms with van der Waals surface area (Å²) in [5.74, 6) is -0.265. The van der Waals surface area contributed by atoms with Crippen LogP contribution in [0.15, 0.2) is 237 Å². The van der Waals surface area contributed by atoms with Gasteiger partial charge >= 0.3 is 0 Å². The monoisotopic (exact) mass is 794 g/mol. The Balaban J connectivity index is 1.12. The van der Waals surface area contributed by atoms with Crippen molar-refractivity contribution in [1.29, 1.82) is 0 Å². The summed E-state index contributed by atoms with van der Waals surface area (Å²) in [6, 6.07) is 83.5. The molecule has 0 saturated heterocycles. The minimum atomic E-state index is -0.567. The molecule has 1 heterocycles. The number of para-hydroxylation sites is 1. The van der Waals surface area contributed by atoms with Gasteiger partial charge in [0.2, 0.25) is 0 Å². The molecule has 0 amide bonds. The predicted octanol–water partition coefficient (Wildman–Crippen LogP) is 15.4. The summed E-state index contributed by atoms with van der Waals surface area (Å²) in [5.41, 5.74) is 20.5. The number of rotatable bonds is 7. The van der Waals surface area contributed by atoms with E-state index in [2.05, 4.69) is 216 Å². The van der Waals surface area contributed by atoms with Crippen LogP contribution in [0, 0.1) is 5.82 Å². The van der Waals surface area contributed by atoms with Gasteiger partial charge in [-0.25, -0.2) is 4.39 Å². The van der Waals surface area contributed by atoms with Crippen LogP contribution >= 0.6 is 0 Å². The molecule has 0 radical (unpaired) electrons. The van der Waals surface area contributed by atoms with Gasteiger partial charge < -0.3 is 9.47 Å². The Morgan fingerprint density at radius 2 is 0.742 bits per heavy atom. The average Bonchev–Trinajstić information content (AvgIpc) is 3.96. The standard InChI is InChI=1S/C59H39FN2/c60-44-32-38-48(39-33-44)61(46-34-28-41(29-35-46)40-16-4-1-5-17-40)47-36-30-42(31-37-47)55-56-51-24-12-15-27-54(51)59(52-25-13-10-22-49(52)50-23-11-14-26-53(50)59)58(56)62(45-20-8-3-9-21-45)57(55)43-18-6-2-7-19-43/h1-39H. The molecular weight excluding hydrogens is 756 g/mol. The molecule has 0 fully saturated rings. The van der Waals surface area contributed by atoms with Gasteiger partial charge in [0, 0.05) is 33.9 Å². The molecule has 12 rings (SSSR count). The normalized spacial score (nSPS) is 12.7. The lowest BCUT2D eigenvalue weighted by atomic mass is 9.72. The fourth-order valence-electron chi connectivity index (χ4n) is 10.4. The van der Waals surface area contributed by atoms with E-state index >= 15 is 0 Å². The molecule has 2 nitrogen and oxygen atoms in total. The Labute approximate surface area is 361 Å². The van der Waals surface area contributed by atoms with E-state index in [4.69, 9.17) is 0 Å². The van der Waals surface area contributed by atoms with E-state index in [1.54, 1.807) is 0 Å². The molecule has 1 spiro atoms. The minimum absolute atomic E-state index is 0.265. The van der Waals surface area contributed by atoms with Crippen molar-refractivity contribution in [2.75, 3.05) is 4.90 Å². The Kier molecular flexibility index (Phi) is 8.29. The third kappa shape index (κ3) is 5.35. The van der Waals surface area contributed by atoms with Gasteiger partial charge in [-0.3, -0.25) is 0 Å². The number of hydrogen-bond acceptors (Lipinski definition) is 1. The van der Waals surface area contributed by atoms with Crippen molar-refractivity contribution in [2.45, 2.75) is 5.41 Å². The smallest absolute Gasteiger partial charge is 0.123 e. The molecule has 2 aliphatic rings. The number of hydrogen-bond donors (Lipinski definition) is 0. The second-order valence-electron chi connectivity index (χ2n) is 16.1. The van der Waals surface area contributed by atoms with Gasteiger partial charge in [0.05, 0.1) is 16.8 Å². The Bertz CT molecular complexity index is 3210. The van der Waals surface area contributed by atoms with Gasteiger partial charge in [0.25, 0.3) is 0 Å². The van der Waals surface area contributed by atoms with Crippen molar-refractivity contribution >= 4 is 17.1 Å². The molecule has 0 unspecified atom stereocenters. The van der Waals surface area contributed by atoms with Crippen molar-refractivity contribution in [3.63, 3.8) is 0 Å². The molecule has 0 atom stereocenters. The molecule has 292 valence electrons. The van der Waals surface area contributed by atoms with Gasteiger partial charge in [-0.15, -0.1) is 0 Å². The fourth-order valence-corrected chi connectivity index (χ4v) is 10.4. The number of anilines is 3. The van der Waals surface area contributed by atoms with Crippen LogP contribution in [-0.2, 0) is 5.41 Å². The van der Waals surface area contributed by atoms with Gasteiger partial charge in [-0.05, 0) is 116 Å². The first-order valence-corrected chi connectivity index (χ1v) is 21.2. The average molecular weight is 795 g/mol. The zero-order chi connectivity index (χ0) is 41.2. The Morgan fingerprint density at radius 3 is 1.29 bits per heavy atom. The summed E-state index contributed by atoms with van der Waals surface area (Å²) in [5, 5.41) is 0. The fraction of sp³-hybridized carbons (Fsp3) is 0.0169. The summed E-state index contributed by atoms with van der Waals surface area (Å²) < 4.78 is 17.0. The summed E-state index contributed by atoms with van der Waals surface area (Å²) in [6.45, 7) is 0. The molecular formula is C59H39FN2. The number of halogens is 1. The molecule has 0 aliphatic heterocycles. The molecule has 3 heteroatoms. The number of fused-ring (bicyclic) bond motifs is 10. The molecule has 62 heavy (non-hydrogen) atoms. The summed E-state index contributed by atoms with van der Waals surface area (Å²) in [4.78, 5) is 2.20. The second kappa shape index (κ2) is 14.3. The van der Waals surface area contributed by atoms with E-state index < -0.39 is 5.41 Å². The lowest BCUT2D eigenvalue weighted by molar-refractivity contribution is 0.628. The summed E-state index contributed by atoms with van der Waals surface area (Å²) >= 11 is 0. The van der Waals surface area contributed by atoms with Crippen LogP contribution in [-0.4, -0.2) is 4.57 Å². The molecule has 0 bridgehead atoms. The van der Waals surface area contributed by atoms with E-state index in [0.29, 0.717) is 0 Å². The van der Waals surface area contributed by atoms with E-state index in [-0.39, 0.29) is 5.82 Å². The predicted molar refractivity (Wildman–Crippen MR) is 253 cm³/mol. The first kappa shape index (κ1) is 35.9. The first-order chi connectivity index (χ1) is 30.7. The van der Waals surface area contributed by atoms with Crippen LogP contribution in [0.3, 0.4) is 0 Å². The van der Waals surface area contributed by atoms with Crippen molar-refractivity contribution in [3.8, 4) is 61.5 Å². The van der Waals surface area contributed by atoms with Crippen molar-refractivity contribution < 1.29 is 4.39 Å². The highest BCUT2D eigenvalue weighted by molar-refractivity contribution is 6.05. The maximum atomic E-state index is 14.4. The highest BCUT2D eigenvalue weighted by atomic mass is 19.1. The lowest BCUT2D eigenvalue weighted by Gasteiger charge is -2.32. The minimum Gasteiger partial charge on any atom is -0.311 e. The van der Waals surface area contributed by atoms with Crippen LogP contribution < -0.4 is 4.90 Å². The third-order valence-corrected chi connectivity index (χ3v) is 12.9. The first-order valence-electron chi connectivity index (χ1n) is 21.2. The highest BCUT2D eigenvalue weighted by Gasteiger charge is 2.55. The molecule has 0 N–H and O–H groups in total. The SMILES string of the molecule is Fc1ccc(N(c2ccc(-c3ccccc3)cc2)c2ccc(-c3c4c(n(-c5ccccc5)c3-c3ccccc3)C3(c5ccccc5-c5ccccc53)c3ccccc3-4)cc2)cc1. The van der Waals surface area contributed by atoms with E-state index in [1.165, 1.54) is 62.3 Å². The molecule has 0 saturated carbocycles. The second-order valence-corrected chi connectivity index (χ2v) is 16.1. The van der Waals surface area contributed by atoms with Crippen LogP contribution in [0.4, 0.5) is 21.5 Å². The van der Waals surface area contributed by atoms with Gasteiger partial charge in [0.15, 0.2) is 0 Å². The third-order valence-electron chi connectivity index (χ3n) is 12.9. The quantitative estimate of drug-likeness (QED) is 0.156. The van der Waals surface area contributed by atoms with E-state index in [1.807, 2.05) is 18.2 Å². The topological polar surface area (TPSA) is 8.17 Å². The highest BCUT2D eigenvalue weighted by Crippen LogP contribution is 2.66. The zero-order valence-corrected chi connectivity index (χ0v) is 33.8. The maximum absolute atomic E-state index is 14.4.